The first-order valence-corrected chi connectivity index (χ1v) is 27.4. The number of rotatable bonds is 46. The molecule has 0 aromatic heterocycles. The molecule has 380 valence electrons. The number of aliphatic hydroxyl groups is 1. The third kappa shape index (κ3) is 83.2. The second kappa shape index (κ2) is 67.2. The van der Waals surface area contributed by atoms with Crippen molar-refractivity contribution in [2.75, 3.05) is 6.61 Å². The first-order chi connectivity index (χ1) is 31.2. The Bertz CT molecular complexity index is 852. The summed E-state index contributed by atoms with van der Waals surface area (Å²) in [6.45, 7) is 9.03. The lowest BCUT2D eigenvalue weighted by molar-refractivity contribution is -0.138. The predicted molar refractivity (Wildman–Crippen MR) is 279 cm³/mol. The topological polar surface area (TPSA) is 132 Å². The standard InChI is InChI=1S/3C18H34O2.C3H8O/c3*1-2-3-4-5-6-7-8-9-10-11-12-13-14-15-16-17-18(19)20;1-2-3-4/h3*9-10H,2-8,11-17H2,1H3,(H,19,20);4H,2-3H2,1H3. The van der Waals surface area contributed by atoms with Crippen molar-refractivity contribution in [2.45, 2.75) is 304 Å². The number of carbonyl (C=O) groups is 3. The van der Waals surface area contributed by atoms with Crippen molar-refractivity contribution < 1.29 is 34.8 Å². The van der Waals surface area contributed by atoms with Crippen LogP contribution in [0.2, 0.25) is 0 Å². The molecule has 64 heavy (non-hydrogen) atoms. The zero-order valence-electron chi connectivity index (χ0n) is 43.1. The van der Waals surface area contributed by atoms with Crippen LogP contribution in [0.25, 0.3) is 0 Å². The van der Waals surface area contributed by atoms with E-state index in [1.165, 1.54) is 212 Å². The van der Waals surface area contributed by atoms with Gasteiger partial charge < -0.3 is 20.4 Å². The van der Waals surface area contributed by atoms with Gasteiger partial charge in [-0.1, -0.05) is 218 Å². The van der Waals surface area contributed by atoms with Gasteiger partial charge in [0, 0.05) is 25.9 Å². The smallest absolute Gasteiger partial charge is 0.303 e. The highest BCUT2D eigenvalue weighted by atomic mass is 16.4. The number of carboxylic acid groups (broad SMARTS) is 3. The summed E-state index contributed by atoms with van der Waals surface area (Å²) in [6.07, 6.45) is 64.6. The van der Waals surface area contributed by atoms with E-state index in [1.54, 1.807) is 0 Å². The molecule has 0 unspecified atom stereocenters. The van der Waals surface area contributed by atoms with Crippen molar-refractivity contribution >= 4 is 17.9 Å². The van der Waals surface area contributed by atoms with E-state index in [0.29, 0.717) is 25.9 Å². The van der Waals surface area contributed by atoms with Gasteiger partial charge in [0.1, 0.15) is 0 Å². The Kier molecular flexibility index (Phi) is 71.6. The lowest BCUT2D eigenvalue weighted by Gasteiger charge is -1.99. The SMILES string of the molecule is CCCCCCCCC=CCCCCCCCC(=O)O.CCCCCCCCC=CCCCCCCCC(=O)O.CCCCCCCCC=CCCCCCCCC(=O)O.CCCO. The lowest BCUT2D eigenvalue weighted by Crippen LogP contribution is -1.93. The minimum atomic E-state index is -0.664. The van der Waals surface area contributed by atoms with E-state index in [1.807, 2.05) is 6.92 Å². The molecule has 0 atom stereocenters. The first-order valence-electron chi connectivity index (χ1n) is 27.4. The average Bonchev–Trinajstić information content (AvgIpc) is 3.28. The molecule has 0 radical (unpaired) electrons. The van der Waals surface area contributed by atoms with Gasteiger partial charge in [0.25, 0.3) is 0 Å². The second-order valence-electron chi connectivity index (χ2n) is 17.9. The Hall–Kier alpha value is -2.41. The fourth-order valence-electron chi connectivity index (χ4n) is 7.04. The van der Waals surface area contributed by atoms with E-state index in [9.17, 15) is 14.4 Å². The Labute approximate surface area is 398 Å². The largest absolute Gasteiger partial charge is 0.481 e. The van der Waals surface area contributed by atoms with Crippen molar-refractivity contribution in [3.8, 4) is 0 Å². The molecule has 7 nitrogen and oxygen atoms in total. The maximum atomic E-state index is 10.3. The molecular formula is C57H110O7. The Morgan fingerprint density at radius 2 is 0.422 bits per heavy atom. The number of unbranched alkanes of at least 4 members (excludes halogenated alkanes) is 33. The highest BCUT2D eigenvalue weighted by molar-refractivity contribution is 5.67. The molecule has 0 aromatic rings. The Balaban J connectivity index is -0.000000404. The van der Waals surface area contributed by atoms with Crippen LogP contribution >= 0.6 is 0 Å². The highest BCUT2D eigenvalue weighted by Crippen LogP contribution is 2.13. The molecule has 0 heterocycles. The van der Waals surface area contributed by atoms with Crippen molar-refractivity contribution in [1.82, 2.24) is 0 Å². The van der Waals surface area contributed by atoms with Crippen LogP contribution in [0.4, 0.5) is 0 Å². The zero-order chi connectivity index (χ0) is 48.1. The summed E-state index contributed by atoms with van der Waals surface area (Å²) in [5, 5.41) is 33.4. The molecule has 4 N–H and O–H groups in total. The average molecular weight is 907 g/mol. The van der Waals surface area contributed by atoms with E-state index in [0.717, 1.165) is 44.9 Å². The summed E-state index contributed by atoms with van der Waals surface area (Å²) in [7, 11) is 0. The summed E-state index contributed by atoms with van der Waals surface area (Å²) in [6, 6.07) is 0. The zero-order valence-corrected chi connectivity index (χ0v) is 43.1. The van der Waals surface area contributed by atoms with Gasteiger partial charge in [-0.05, 0) is 103 Å². The number of hydrogen-bond acceptors (Lipinski definition) is 4. The predicted octanol–water partition coefficient (Wildman–Crippen LogP) is 18.7. The summed E-state index contributed by atoms with van der Waals surface area (Å²) in [5.41, 5.74) is 0. The number of hydrogen-bond donors (Lipinski definition) is 4. The lowest BCUT2D eigenvalue weighted by atomic mass is 10.1. The maximum Gasteiger partial charge on any atom is 0.303 e. The monoisotopic (exact) mass is 907 g/mol. The third-order valence-corrected chi connectivity index (χ3v) is 11.2. The van der Waals surface area contributed by atoms with E-state index in [4.69, 9.17) is 20.4 Å². The molecule has 0 fully saturated rings. The number of aliphatic hydroxyl groups excluding tert-OH is 1. The normalized spacial score (nSPS) is 11.0. The molecular weight excluding hydrogens is 797 g/mol. The molecule has 0 aromatic carbocycles. The van der Waals surface area contributed by atoms with Crippen LogP contribution in [0.1, 0.15) is 304 Å². The molecule has 0 aliphatic heterocycles. The third-order valence-electron chi connectivity index (χ3n) is 11.2. The van der Waals surface area contributed by atoms with Crippen LogP contribution in [0, 0.1) is 0 Å². The molecule has 0 amide bonds. The molecule has 0 saturated heterocycles. The number of allylic oxidation sites excluding steroid dienone is 6. The molecule has 0 spiro atoms. The van der Waals surface area contributed by atoms with Crippen LogP contribution in [-0.2, 0) is 14.4 Å². The van der Waals surface area contributed by atoms with Gasteiger partial charge in [-0.25, -0.2) is 0 Å². The van der Waals surface area contributed by atoms with Crippen LogP contribution in [0.3, 0.4) is 0 Å². The van der Waals surface area contributed by atoms with Crippen molar-refractivity contribution in [1.29, 1.82) is 0 Å². The molecule has 7 heteroatoms. The summed E-state index contributed by atoms with van der Waals surface area (Å²) >= 11 is 0. The minimum absolute atomic E-state index is 0.319. The molecule has 0 aliphatic carbocycles. The van der Waals surface area contributed by atoms with Gasteiger partial charge in [0.05, 0.1) is 0 Å². The van der Waals surface area contributed by atoms with E-state index < -0.39 is 17.9 Å². The van der Waals surface area contributed by atoms with Crippen LogP contribution < -0.4 is 0 Å². The van der Waals surface area contributed by atoms with Gasteiger partial charge in [0.2, 0.25) is 0 Å². The second-order valence-corrected chi connectivity index (χ2v) is 17.9. The molecule has 0 aliphatic rings. The first kappa shape index (κ1) is 68.2. The maximum absolute atomic E-state index is 10.3. The van der Waals surface area contributed by atoms with Gasteiger partial charge in [-0.15, -0.1) is 0 Å². The highest BCUT2D eigenvalue weighted by Gasteiger charge is 1.98. The van der Waals surface area contributed by atoms with E-state index in [2.05, 4.69) is 57.2 Å². The molecule has 0 saturated carbocycles. The number of aliphatic carboxylic acids is 3. The fraction of sp³-hybridized carbons (Fsp3) is 0.842. The molecule has 0 bridgehead atoms. The van der Waals surface area contributed by atoms with Gasteiger partial charge in [0.15, 0.2) is 0 Å². The van der Waals surface area contributed by atoms with Crippen molar-refractivity contribution in [2.24, 2.45) is 0 Å². The minimum Gasteiger partial charge on any atom is -0.481 e. The summed E-state index contributed by atoms with van der Waals surface area (Å²) in [5.74, 6) is -1.99. The fourth-order valence-corrected chi connectivity index (χ4v) is 7.04. The Morgan fingerprint density at radius 3 is 0.578 bits per heavy atom. The van der Waals surface area contributed by atoms with Crippen molar-refractivity contribution in [3.05, 3.63) is 36.5 Å². The van der Waals surface area contributed by atoms with Gasteiger partial charge >= 0.3 is 17.9 Å². The van der Waals surface area contributed by atoms with Crippen LogP contribution in [-0.4, -0.2) is 44.9 Å². The summed E-state index contributed by atoms with van der Waals surface area (Å²) in [4.78, 5) is 31.0. The van der Waals surface area contributed by atoms with Crippen LogP contribution in [0.5, 0.6) is 0 Å². The van der Waals surface area contributed by atoms with Crippen LogP contribution in [0.15, 0.2) is 36.5 Å². The van der Waals surface area contributed by atoms with Crippen molar-refractivity contribution in [3.63, 3.8) is 0 Å². The molecule has 0 rings (SSSR count). The van der Waals surface area contributed by atoms with E-state index in [-0.39, 0.29) is 0 Å². The van der Waals surface area contributed by atoms with Gasteiger partial charge in [-0.2, -0.15) is 0 Å². The summed E-state index contributed by atoms with van der Waals surface area (Å²) < 4.78 is 0. The van der Waals surface area contributed by atoms with E-state index >= 15 is 0 Å². The quantitative estimate of drug-likeness (QED) is 0.0353. The van der Waals surface area contributed by atoms with Gasteiger partial charge in [-0.3, -0.25) is 14.4 Å². The number of carboxylic acids is 3. The Morgan fingerprint density at radius 1 is 0.266 bits per heavy atom.